The van der Waals surface area contributed by atoms with Crippen molar-refractivity contribution in [2.45, 2.75) is 67.7 Å². The fraction of sp³-hybridized carbons (Fsp3) is 0.571. The van der Waals surface area contributed by atoms with Gasteiger partial charge in [0.25, 0.3) is 0 Å². The lowest BCUT2D eigenvalue weighted by Crippen LogP contribution is -2.01. The normalized spacial score (nSPS) is 10.5. The molecule has 1 unspecified atom stereocenters. The van der Waals surface area contributed by atoms with Crippen LogP contribution >= 0.6 is 0 Å². The highest BCUT2D eigenvalue weighted by Crippen LogP contribution is 2.30. The molecular formula is C21H37NO2. The Kier molecular flexibility index (Phi) is 12.9. The summed E-state index contributed by atoms with van der Waals surface area (Å²) in [4.78, 5) is 11.6. The van der Waals surface area contributed by atoms with Crippen LogP contribution in [0.25, 0.3) is 10.9 Å². The molecule has 1 aromatic carbocycles. The van der Waals surface area contributed by atoms with Gasteiger partial charge < -0.3 is 9.30 Å². The van der Waals surface area contributed by atoms with Crippen molar-refractivity contribution < 1.29 is 9.53 Å². The van der Waals surface area contributed by atoms with Crippen LogP contribution in [0.4, 0.5) is 0 Å². The number of carbonyl (C=O) groups is 1. The first-order valence-corrected chi connectivity index (χ1v) is 8.75. The van der Waals surface area contributed by atoms with E-state index in [1.807, 2.05) is 52.9 Å². The lowest BCUT2D eigenvalue weighted by molar-refractivity contribution is 0.0601. The van der Waals surface area contributed by atoms with Gasteiger partial charge in [0.05, 0.1) is 12.7 Å². The monoisotopic (exact) mass is 335 g/mol. The maximum absolute atomic E-state index is 11.6. The maximum atomic E-state index is 11.6. The molecule has 0 saturated heterocycles. The second-order valence-electron chi connectivity index (χ2n) is 5.11. The third-order valence-corrected chi connectivity index (χ3v) is 3.70. The molecule has 0 aliphatic heterocycles. The van der Waals surface area contributed by atoms with E-state index in [0.717, 1.165) is 5.52 Å². The molecule has 0 aliphatic carbocycles. The van der Waals surface area contributed by atoms with Crippen LogP contribution in [-0.4, -0.2) is 17.6 Å². The lowest BCUT2D eigenvalue weighted by atomic mass is 9.96. The molecule has 0 spiro atoms. The van der Waals surface area contributed by atoms with Crippen molar-refractivity contribution in [3.05, 3.63) is 35.5 Å². The summed E-state index contributed by atoms with van der Waals surface area (Å²) >= 11 is 0. The zero-order chi connectivity index (χ0) is 18.0. The summed E-state index contributed by atoms with van der Waals surface area (Å²) in [7, 11) is 3.43. The van der Waals surface area contributed by atoms with Crippen molar-refractivity contribution in [1.82, 2.24) is 4.57 Å². The Balaban J connectivity index is 0. The second kappa shape index (κ2) is 12.6. The number of aryl methyl sites for hydroxylation is 1. The predicted molar refractivity (Wildman–Crippen MR) is 107 cm³/mol. The third kappa shape index (κ3) is 5.70. The van der Waals surface area contributed by atoms with Crippen LogP contribution in [0.3, 0.4) is 0 Å². The van der Waals surface area contributed by atoms with Crippen molar-refractivity contribution in [1.29, 1.82) is 0 Å². The number of nitrogens with zero attached hydrogens (tertiary/aromatic N) is 1. The average molecular weight is 336 g/mol. The number of esters is 1. The Hall–Kier alpha value is -1.77. The van der Waals surface area contributed by atoms with Crippen molar-refractivity contribution in [2.75, 3.05) is 7.11 Å². The highest BCUT2D eigenvalue weighted by molar-refractivity contribution is 5.95. The molecule has 1 heterocycles. The largest absolute Gasteiger partial charge is 0.465 e. The van der Waals surface area contributed by atoms with Gasteiger partial charge in [-0.05, 0) is 30.0 Å². The van der Waals surface area contributed by atoms with Crippen LogP contribution in [0.5, 0.6) is 0 Å². The zero-order valence-electron chi connectivity index (χ0n) is 16.1. The van der Waals surface area contributed by atoms with Gasteiger partial charge in [0, 0.05) is 24.1 Å². The minimum Gasteiger partial charge on any atom is -0.465 e. The van der Waals surface area contributed by atoms with Gasteiger partial charge in [0.15, 0.2) is 0 Å². The van der Waals surface area contributed by atoms with Crippen molar-refractivity contribution in [3.8, 4) is 0 Å². The molecule has 2 aromatic rings. The molecule has 0 N–H and O–H groups in total. The lowest BCUT2D eigenvalue weighted by Gasteiger charge is -2.08. The number of hydrogen-bond donors (Lipinski definition) is 0. The first-order valence-electron chi connectivity index (χ1n) is 8.75. The number of fused-ring (bicyclic) bond motifs is 1. The van der Waals surface area contributed by atoms with Gasteiger partial charge in [-0.2, -0.15) is 0 Å². The Morgan fingerprint density at radius 3 is 2.29 bits per heavy atom. The minimum atomic E-state index is -0.286. The topological polar surface area (TPSA) is 31.2 Å². The summed E-state index contributed by atoms with van der Waals surface area (Å²) in [6.07, 6.45) is 4.53. The fourth-order valence-electron chi connectivity index (χ4n) is 2.64. The molecule has 3 heteroatoms. The highest BCUT2D eigenvalue weighted by Gasteiger charge is 2.14. The summed E-state index contributed by atoms with van der Waals surface area (Å²) in [5, 5.41) is 1.23. The quantitative estimate of drug-likeness (QED) is 0.593. The molecule has 24 heavy (non-hydrogen) atoms. The first kappa shape index (κ1) is 24.5. The summed E-state index contributed by atoms with van der Waals surface area (Å²) in [6, 6.07) is 5.78. The maximum Gasteiger partial charge on any atom is 0.337 e. The standard InChI is InChI=1S/C16H21NO2.2C2H6.CH4/c1-5-6-11(2)14-10-17(3)15-9-12(16(18)19-4)7-8-13(14)15;2*1-2;/h7-11H,5-6H2,1-4H3;2*1-2H3;1H4. The van der Waals surface area contributed by atoms with Crippen molar-refractivity contribution >= 4 is 16.9 Å². The van der Waals surface area contributed by atoms with E-state index in [1.54, 1.807) is 0 Å². The van der Waals surface area contributed by atoms with E-state index in [-0.39, 0.29) is 13.4 Å². The SMILES string of the molecule is C.CC.CC.CCCC(C)c1cn(C)c2cc(C(=O)OC)ccc12. The van der Waals surface area contributed by atoms with E-state index in [1.165, 1.54) is 30.9 Å². The van der Waals surface area contributed by atoms with Gasteiger partial charge in [0.1, 0.15) is 0 Å². The van der Waals surface area contributed by atoms with Gasteiger partial charge in [-0.3, -0.25) is 0 Å². The first-order chi connectivity index (χ1) is 11.1. The molecule has 0 saturated carbocycles. The molecular weight excluding hydrogens is 298 g/mol. The number of methoxy groups -OCH3 is 1. The Morgan fingerprint density at radius 2 is 1.79 bits per heavy atom. The van der Waals surface area contributed by atoms with E-state index in [4.69, 9.17) is 4.74 Å². The molecule has 0 radical (unpaired) electrons. The van der Waals surface area contributed by atoms with E-state index in [0.29, 0.717) is 11.5 Å². The van der Waals surface area contributed by atoms with Gasteiger partial charge in [-0.1, -0.05) is 61.5 Å². The fourth-order valence-corrected chi connectivity index (χ4v) is 2.64. The van der Waals surface area contributed by atoms with Crippen LogP contribution in [0.2, 0.25) is 0 Å². The summed E-state index contributed by atoms with van der Waals surface area (Å²) in [5.41, 5.74) is 3.04. The van der Waals surface area contributed by atoms with Crippen LogP contribution in [0.1, 0.15) is 83.7 Å². The highest BCUT2D eigenvalue weighted by atomic mass is 16.5. The van der Waals surface area contributed by atoms with Crippen LogP contribution < -0.4 is 0 Å². The number of aromatic nitrogens is 1. The third-order valence-electron chi connectivity index (χ3n) is 3.70. The smallest absolute Gasteiger partial charge is 0.337 e. The Labute approximate surface area is 149 Å². The average Bonchev–Trinajstić information content (AvgIpc) is 2.94. The number of carbonyl (C=O) groups excluding carboxylic acids is 1. The number of ether oxygens (including phenoxy) is 1. The van der Waals surface area contributed by atoms with Gasteiger partial charge in [0.2, 0.25) is 0 Å². The zero-order valence-corrected chi connectivity index (χ0v) is 16.1. The van der Waals surface area contributed by atoms with E-state index in [2.05, 4.69) is 24.6 Å². The molecule has 3 nitrogen and oxygen atoms in total. The molecule has 0 fully saturated rings. The van der Waals surface area contributed by atoms with Crippen molar-refractivity contribution in [2.24, 2.45) is 7.05 Å². The van der Waals surface area contributed by atoms with Crippen LogP contribution in [0, 0.1) is 0 Å². The molecule has 1 aromatic heterocycles. The van der Waals surface area contributed by atoms with Gasteiger partial charge >= 0.3 is 5.97 Å². The molecule has 0 aliphatic rings. The molecule has 1 atom stereocenters. The summed E-state index contributed by atoms with van der Waals surface area (Å²) < 4.78 is 6.86. The summed E-state index contributed by atoms with van der Waals surface area (Å²) in [5.74, 6) is 0.254. The Bertz CT molecular complexity index is 599. The summed E-state index contributed by atoms with van der Waals surface area (Å²) in [6.45, 7) is 12.5. The number of hydrogen-bond acceptors (Lipinski definition) is 2. The minimum absolute atomic E-state index is 0. The number of benzene rings is 1. The van der Waals surface area contributed by atoms with Gasteiger partial charge in [-0.25, -0.2) is 4.79 Å². The molecule has 0 bridgehead atoms. The van der Waals surface area contributed by atoms with E-state index < -0.39 is 0 Å². The van der Waals surface area contributed by atoms with E-state index in [9.17, 15) is 4.79 Å². The predicted octanol–water partition coefficient (Wildman–Crippen LogP) is 6.56. The second-order valence-corrected chi connectivity index (χ2v) is 5.11. The molecule has 2 rings (SSSR count). The van der Waals surface area contributed by atoms with Crippen molar-refractivity contribution in [3.63, 3.8) is 0 Å². The van der Waals surface area contributed by atoms with E-state index >= 15 is 0 Å². The van der Waals surface area contributed by atoms with Gasteiger partial charge in [-0.15, -0.1) is 0 Å². The van der Waals surface area contributed by atoms with Crippen LogP contribution in [0.15, 0.2) is 24.4 Å². The molecule has 0 amide bonds. The molecule has 138 valence electrons. The van der Waals surface area contributed by atoms with Crippen LogP contribution in [-0.2, 0) is 11.8 Å². The number of rotatable bonds is 4. The Morgan fingerprint density at radius 1 is 1.21 bits per heavy atom.